The molecule has 0 fully saturated rings. The fourth-order valence-electron chi connectivity index (χ4n) is 2.97. The lowest BCUT2D eigenvalue weighted by molar-refractivity contribution is -0.137. The number of halogens is 4. The van der Waals surface area contributed by atoms with Crippen LogP contribution in [0.25, 0.3) is 0 Å². The predicted molar refractivity (Wildman–Crippen MR) is 117 cm³/mol. The molecule has 6 nitrogen and oxygen atoms in total. The number of benzene rings is 2. The maximum Gasteiger partial charge on any atom is 0.416 e. The molecule has 0 radical (unpaired) electrons. The standard InChI is InChI=1S/C23H19ClF3N5O/c24-21-9-18(32-22(33)10-19-13-31-20(11-28)14-30-19)6-3-16(21)7-8-29-12-15-1-4-17(5-2-15)23(25,26)27/h1-6,9,13-14,29H,7-8,10,12H2,(H,32,33). The van der Waals surface area contributed by atoms with Crippen molar-refractivity contribution in [2.75, 3.05) is 11.9 Å². The highest BCUT2D eigenvalue weighted by Gasteiger charge is 2.29. The van der Waals surface area contributed by atoms with Gasteiger partial charge in [-0.1, -0.05) is 29.8 Å². The summed E-state index contributed by atoms with van der Waals surface area (Å²) in [5.41, 5.74) is 2.10. The van der Waals surface area contributed by atoms with Gasteiger partial charge in [-0.3, -0.25) is 9.78 Å². The Bertz CT molecular complexity index is 1140. The molecule has 0 saturated carbocycles. The van der Waals surface area contributed by atoms with Gasteiger partial charge in [-0.15, -0.1) is 0 Å². The van der Waals surface area contributed by atoms with Crippen LogP contribution in [0, 0.1) is 11.3 Å². The van der Waals surface area contributed by atoms with Crippen LogP contribution < -0.4 is 10.6 Å². The molecule has 10 heteroatoms. The van der Waals surface area contributed by atoms with Crippen molar-refractivity contribution in [3.63, 3.8) is 0 Å². The van der Waals surface area contributed by atoms with E-state index in [1.165, 1.54) is 24.5 Å². The Balaban J connectivity index is 1.46. The molecule has 170 valence electrons. The summed E-state index contributed by atoms with van der Waals surface area (Å²) < 4.78 is 37.8. The minimum Gasteiger partial charge on any atom is -0.326 e. The van der Waals surface area contributed by atoms with Crippen molar-refractivity contribution < 1.29 is 18.0 Å². The molecule has 0 aliphatic carbocycles. The number of nitrogens with zero attached hydrogens (tertiary/aromatic N) is 3. The van der Waals surface area contributed by atoms with E-state index < -0.39 is 11.7 Å². The molecule has 1 amide bonds. The Labute approximate surface area is 193 Å². The maximum absolute atomic E-state index is 12.6. The van der Waals surface area contributed by atoms with Crippen LogP contribution in [0.1, 0.15) is 28.1 Å². The van der Waals surface area contributed by atoms with Gasteiger partial charge in [0.05, 0.1) is 30.1 Å². The highest BCUT2D eigenvalue weighted by molar-refractivity contribution is 6.31. The number of nitriles is 1. The lowest BCUT2D eigenvalue weighted by Crippen LogP contribution is -2.17. The second kappa shape index (κ2) is 10.9. The van der Waals surface area contributed by atoms with Gasteiger partial charge in [0.1, 0.15) is 6.07 Å². The van der Waals surface area contributed by atoms with Crippen LogP contribution in [0.3, 0.4) is 0 Å². The maximum atomic E-state index is 12.6. The monoisotopic (exact) mass is 473 g/mol. The number of anilines is 1. The Kier molecular flexibility index (Phi) is 7.98. The first-order chi connectivity index (χ1) is 15.7. The van der Waals surface area contributed by atoms with Gasteiger partial charge in [0.2, 0.25) is 5.91 Å². The highest BCUT2D eigenvalue weighted by atomic mass is 35.5. The van der Waals surface area contributed by atoms with Crippen molar-refractivity contribution in [1.82, 2.24) is 15.3 Å². The van der Waals surface area contributed by atoms with Gasteiger partial charge in [-0.25, -0.2) is 4.98 Å². The van der Waals surface area contributed by atoms with E-state index in [1.54, 1.807) is 18.2 Å². The second-order valence-electron chi connectivity index (χ2n) is 7.16. The van der Waals surface area contributed by atoms with E-state index in [-0.39, 0.29) is 18.0 Å². The molecule has 0 spiro atoms. The average molecular weight is 474 g/mol. The summed E-state index contributed by atoms with van der Waals surface area (Å²) in [7, 11) is 0. The van der Waals surface area contributed by atoms with Crippen LogP contribution in [-0.2, 0) is 30.4 Å². The number of rotatable bonds is 8. The second-order valence-corrected chi connectivity index (χ2v) is 7.56. The van der Waals surface area contributed by atoms with Crippen molar-refractivity contribution >= 4 is 23.2 Å². The van der Waals surface area contributed by atoms with E-state index >= 15 is 0 Å². The minimum atomic E-state index is -4.34. The quantitative estimate of drug-likeness (QED) is 0.469. The zero-order valence-corrected chi connectivity index (χ0v) is 18.0. The summed E-state index contributed by atoms with van der Waals surface area (Å²) in [5, 5.41) is 15.1. The van der Waals surface area contributed by atoms with E-state index in [9.17, 15) is 18.0 Å². The van der Waals surface area contributed by atoms with Gasteiger partial charge in [0.25, 0.3) is 0 Å². The number of hydrogen-bond donors (Lipinski definition) is 2. The molecular formula is C23H19ClF3N5O. The van der Waals surface area contributed by atoms with E-state index in [0.29, 0.717) is 35.9 Å². The normalized spacial score (nSPS) is 11.1. The Hall–Kier alpha value is -3.48. The zero-order chi connectivity index (χ0) is 23.8. The summed E-state index contributed by atoms with van der Waals surface area (Å²) in [4.78, 5) is 20.1. The smallest absolute Gasteiger partial charge is 0.326 e. The minimum absolute atomic E-state index is 0.00590. The molecule has 0 aliphatic rings. The highest BCUT2D eigenvalue weighted by Crippen LogP contribution is 2.29. The SMILES string of the molecule is N#Cc1cnc(CC(=O)Nc2ccc(CCNCc3ccc(C(F)(F)F)cc3)c(Cl)c2)cn1. The van der Waals surface area contributed by atoms with Gasteiger partial charge in [0, 0.05) is 17.3 Å². The fourth-order valence-corrected chi connectivity index (χ4v) is 3.24. The average Bonchev–Trinajstić information content (AvgIpc) is 2.78. The van der Waals surface area contributed by atoms with Crippen molar-refractivity contribution in [3.05, 3.63) is 88.0 Å². The van der Waals surface area contributed by atoms with Gasteiger partial charge in [-0.2, -0.15) is 18.4 Å². The Morgan fingerprint density at radius 1 is 1.09 bits per heavy atom. The first-order valence-electron chi connectivity index (χ1n) is 9.91. The molecule has 0 atom stereocenters. The lowest BCUT2D eigenvalue weighted by Gasteiger charge is -2.10. The molecule has 0 unspecified atom stereocenters. The summed E-state index contributed by atoms with van der Waals surface area (Å²) in [5.74, 6) is -0.295. The first-order valence-corrected chi connectivity index (χ1v) is 10.3. The third-order valence-corrected chi connectivity index (χ3v) is 5.03. The van der Waals surface area contributed by atoms with Crippen molar-refractivity contribution in [1.29, 1.82) is 5.26 Å². The lowest BCUT2D eigenvalue weighted by atomic mass is 10.1. The van der Waals surface area contributed by atoms with Crippen LogP contribution >= 0.6 is 11.6 Å². The van der Waals surface area contributed by atoms with Crippen LogP contribution in [-0.4, -0.2) is 22.4 Å². The van der Waals surface area contributed by atoms with Gasteiger partial charge < -0.3 is 10.6 Å². The van der Waals surface area contributed by atoms with E-state index in [2.05, 4.69) is 20.6 Å². The first kappa shape index (κ1) is 24.2. The summed E-state index contributed by atoms with van der Waals surface area (Å²) >= 11 is 6.32. The molecule has 0 bridgehead atoms. The predicted octanol–water partition coefficient (Wildman–Crippen LogP) is 4.53. The number of carbonyl (C=O) groups excluding carboxylic acids is 1. The van der Waals surface area contributed by atoms with E-state index in [0.717, 1.165) is 23.3 Å². The van der Waals surface area contributed by atoms with Crippen LogP contribution in [0.5, 0.6) is 0 Å². The van der Waals surface area contributed by atoms with Crippen molar-refractivity contribution in [2.45, 2.75) is 25.6 Å². The van der Waals surface area contributed by atoms with E-state index in [4.69, 9.17) is 16.9 Å². The van der Waals surface area contributed by atoms with Gasteiger partial charge in [-0.05, 0) is 48.4 Å². The number of alkyl halides is 3. The van der Waals surface area contributed by atoms with Crippen molar-refractivity contribution in [3.8, 4) is 6.07 Å². The third-order valence-electron chi connectivity index (χ3n) is 4.68. The number of amides is 1. The molecule has 0 aliphatic heterocycles. The molecule has 3 aromatic rings. The molecular weight excluding hydrogens is 455 g/mol. The van der Waals surface area contributed by atoms with Crippen LogP contribution in [0.15, 0.2) is 54.9 Å². The Morgan fingerprint density at radius 2 is 1.85 bits per heavy atom. The number of hydrogen-bond acceptors (Lipinski definition) is 5. The molecule has 1 heterocycles. The summed E-state index contributed by atoms with van der Waals surface area (Å²) in [6, 6.07) is 12.1. The number of carbonyl (C=O) groups is 1. The van der Waals surface area contributed by atoms with Crippen molar-refractivity contribution in [2.24, 2.45) is 0 Å². The topological polar surface area (TPSA) is 90.7 Å². The van der Waals surface area contributed by atoms with E-state index in [1.807, 2.05) is 6.07 Å². The molecule has 2 aromatic carbocycles. The van der Waals surface area contributed by atoms with Gasteiger partial charge >= 0.3 is 6.18 Å². The molecule has 33 heavy (non-hydrogen) atoms. The summed E-state index contributed by atoms with van der Waals surface area (Å²) in [6.07, 6.45) is -1.04. The number of nitrogens with one attached hydrogen (secondary N) is 2. The van der Waals surface area contributed by atoms with Crippen LogP contribution in [0.2, 0.25) is 5.02 Å². The third kappa shape index (κ3) is 7.27. The Morgan fingerprint density at radius 3 is 2.45 bits per heavy atom. The molecule has 1 aromatic heterocycles. The van der Waals surface area contributed by atoms with Gasteiger partial charge in [0.15, 0.2) is 5.69 Å². The summed E-state index contributed by atoms with van der Waals surface area (Å²) in [6.45, 7) is 1.01. The fraction of sp³-hybridized carbons (Fsp3) is 0.217. The molecule has 2 N–H and O–H groups in total. The van der Waals surface area contributed by atoms with Crippen LogP contribution in [0.4, 0.5) is 18.9 Å². The largest absolute Gasteiger partial charge is 0.416 e. The number of aromatic nitrogens is 2. The zero-order valence-electron chi connectivity index (χ0n) is 17.3. The molecule has 0 saturated heterocycles. The molecule has 3 rings (SSSR count).